The summed E-state index contributed by atoms with van der Waals surface area (Å²) >= 11 is 6.41. The summed E-state index contributed by atoms with van der Waals surface area (Å²) in [5.41, 5.74) is 2.80. The largest absolute Gasteiger partial charge is 0.497 e. The van der Waals surface area contributed by atoms with Crippen LogP contribution in [-0.4, -0.2) is 46.1 Å². The van der Waals surface area contributed by atoms with Crippen molar-refractivity contribution < 1.29 is 27.9 Å². The third-order valence-corrected chi connectivity index (χ3v) is 6.51. The molecule has 0 radical (unpaired) electrons. The summed E-state index contributed by atoms with van der Waals surface area (Å²) in [6.07, 6.45) is 2.17. The molecule has 1 aromatic heterocycles. The van der Waals surface area contributed by atoms with Crippen molar-refractivity contribution in [1.82, 2.24) is 20.0 Å². The monoisotopic (exact) mass is 516 g/mol. The Morgan fingerprint density at radius 2 is 1.97 bits per heavy atom. The number of nitrogens with one attached hydrogen (secondary N) is 1. The number of fused-ring (bicyclic) bond motifs is 1. The predicted molar refractivity (Wildman–Crippen MR) is 129 cm³/mol. The Morgan fingerprint density at radius 1 is 1.22 bits per heavy atom. The zero-order valence-electron chi connectivity index (χ0n) is 19.5. The van der Waals surface area contributed by atoms with Gasteiger partial charge in [0.1, 0.15) is 5.75 Å². The maximum absolute atomic E-state index is 13.8. The van der Waals surface area contributed by atoms with Gasteiger partial charge in [-0.2, -0.15) is 13.9 Å². The Balaban J connectivity index is 1.66. The summed E-state index contributed by atoms with van der Waals surface area (Å²) in [6, 6.07) is 9.66. The normalized spacial score (nSPS) is 13.6. The number of amides is 3. The molecule has 2 aromatic carbocycles. The van der Waals surface area contributed by atoms with Gasteiger partial charge < -0.3 is 9.64 Å². The minimum absolute atomic E-state index is 0.101. The summed E-state index contributed by atoms with van der Waals surface area (Å²) in [5.74, 6) is -0.104. The van der Waals surface area contributed by atoms with E-state index in [0.29, 0.717) is 52.1 Å². The van der Waals surface area contributed by atoms with E-state index in [1.807, 2.05) is 6.92 Å². The molecule has 1 unspecified atom stereocenters. The maximum atomic E-state index is 13.8. The zero-order valence-corrected chi connectivity index (χ0v) is 20.3. The standard InChI is InChI=1S/C25H23ClF2N4O4/c1-14(3-8-22(34)29-13-33)31-12-16-9-15(4-6-18(16)24(31)35)20-11-30-32(25(27)28)23(20)19-7-5-17(36-2)10-21(19)26/h4-7,9-11,13-14,25H,3,8,12H2,1-2H3,(H,29,33,34). The quantitative estimate of drug-likeness (QED) is 0.417. The van der Waals surface area contributed by atoms with Crippen molar-refractivity contribution in [3.63, 3.8) is 0 Å². The third-order valence-electron chi connectivity index (χ3n) is 6.20. The van der Waals surface area contributed by atoms with Crippen LogP contribution >= 0.6 is 11.6 Å². The second-order valence-electron chi connectivity index (χ2n) is 8.35. The molecule has 1 aliphatic heterocycles. The van der Waals surface area contributed by atoms with Crippen molar-refractivity contribution in [3.05, 3.63) is 58.7 Å². The number of methoxy groups -OCH3 is 1. The zero-order chi connectivity index (χ0) is 26.0. The summed E-state index contributed by atoms with van der Waals surface area (Å²) in [6.45, 7) is -0.759. The topological polar surface area (TPSA) is 93.5 Å². The lowest BCUT2D eigenvalue weighted by Crippen LogP contribution is -2.34. The Kier molecular flexibility index (Phi) is 7.35. The van der Waals surface area contributed by atoms with Crippen LogP contribution < -0.4 is 10.1 Å². The highest BCUT2D eigenvalue weighted by molar-refractivity contribution is 6.33. The van der Waals surface area contributed by atoms with Crippen LogP contribution in [0, 0.1) is 0 Å². The molecule has 1 N–H and O–H groups in total. The fourth-order valence-electron chi connectivity index (χ4n) is 4.31. The number of alkyl halides is 2. The number of carbonyl (C=O) groups is 3. The van der Waals surface area contributed by atoms with Gasteiger partial charge in [-0.15, -0.1) is 0 Å². The highest BCUT2D eigenvalue weighted by Gasteiger charge is 2.32. The van der Waals surface area contributed by atoms with E-state index >= 15 is 0 Å². The lowest BCUT2D eigenvalue weighted by Gasteiger charge is -2.23. The molecule has 1 atom stereocenters. The molecule has 4 rings (SSSR count). The van der Waals surface area contributed by atoms with Crippen molar-refractivity contribution in [2.75, 3.05) is 7.11 Å². The number of benzene rings is 2. The minimum Gasteiger partial charge on any atom is -0.497 e. The molecule has 11 heteroatoms. The first-order valence-electron chi connectivity index (χ1n) is 11.1. The number of hydrogen-bond acceptors (Lipinski definition) is 5. The second kappa shape index (κ2) is 10.4. The molecular weight excluding hydrogens is 494 g/mol. The van der Waals surface area contributed by atoms with Crippen molar-refractivity contribution >= 4 is 29.8 Å². The number of hydrogen-bond donors (Lipinski definition) is 1. The van der Waals surface area contributed by atoms with Crippen LogP contribution in [0.2, 0.25) is 5.02 Å². The Labute approximate surface area is 210 Å². The molecule has 8 nitrogen and oxygen atoms in total. The molecule has 36 heavy (non-hydrogen) atoms. The molecule has 0 spiro atoms. The molecule has 0 bridgehead atoms. The maximum Gasteiger partial charge on any atom is 0.333 e. The lowest BCUT2D eigenvalue weighted by molar-refractivity contribution is -0.125. The van der Waals surface area contributed by atoms with Crippen LogP contribution in [0.4, 0.5) is 8.78 Å². The molecule has 2 heterocycles. The molecule has 0 aliphatic carbocycles. The van der Waals surface area contributed by atoms with Crippen LogP contribution in [0.5, 0.6) is 5.75 Å². The van der Waals surface area contributed by atoms with Crippen molar-refractivity contribution in [3.8, 4) is 28.1 Å². The number of aromatic nitrogens is 2. The average Bonchev–Trinajstić information content (AvgIpc) is 3.44. The highest BCUT2D eigenvalue weighted by Crippen LogP contribution is 2.40. The number of ether oxygens (including phenoxy) is 1. The van der Waals surface area contributed by atoms with E-state index in [9.17, 15) is 23.2 Å². The van der Waals surface area contributed by atoms with E-state index < -0.39 is 12.5 Å². The van der Waals surface area contributed by atoms with Crippen LogP contribution in [0.25, 0.3) is 22.4 Å². The highest BCUT2D eigenvalue weighted by atomic mass is 35.5. The fourth-order valence-corrected chi connectivity index (χ4v) is 4.57. The molecule has 0 saturated carbocycles. The minimum atomic E-state index is -2.89. The van der Waals surface area contributed by atoms with Crippen LogP contribution in [0.3, 0.4) is 0 Å². The lowest BCUT2D eigenvalue weighted by atomic mass is 9.98. The first kappa shape index (κ1) is 25.3. The van der Waals surface area contributed by atoms with Gasteiger partial charge in [0.05, 0.1) is 24.0 Å². The van der Waals surface area contributed by atoms with Gasteiger partial charge in [0, 0.05) is 35.7 Å². The van der Waals surface area contributed by atoms with Crippen LogP contribution in [-0.2, 0) is 16.1 Å². The Morgan fingerprint density at radius 3 is 2.64 bits per heavy atom. The molecule has 1 aliphatic rings. The van der Waals surface area contributed by atoms with Gasteiger partial charge in [-0.1, -0.05) is 17.7 Å². The molecule has 0 saturated heterocycles. The van der Waals surface area contributed by atoms with Gasteiger partial charge >= 0.3 is 6.55 Å². The van der Waals surface area contributed by atoms with E-state index in [4.69, 9.17) is 16.3 Å². The number of nitrogens with zero attached hydrogens (tertiary/aromatic N) is 3. The molecular formula is C25H23ClF2N4O4. The van der Waals surface area contributed by atoms with Gasteiger partial charge in [0.15, 0.2) is 0 Å². The Bertz CT molecular complexity index is 1330. The molecule has 188 valence electrons. The van der Waals surface area contributed by atoms with Crippen LogP contribution in [0.1, 0.15) is 42.2 Å². The van der Waals surface area contributed by atoms with E-state index in [0.717, 1.165) is 5.56 Å². The number of halogens is 3. The summed E-state index contributed by atoms with van der Waals surface area (Å²) in [7, 11) is 1.48. The summed E-state index contributed by atoms with van der Waals surface area (Å²) < 4.78 is 33.5. The smallest absolute Gasteiger partial charge is 0.333 e. The first-order chi connectivity index (χ1) is 17.2. The molecule has 3 amide bonds. The van der Waals surface area contributed by atoms with Gasteiger partial charge in [-0.05, 0) is 54.8 Å². The molecule has 0 fully saturated rings. The molecule has 3 aromatic rings. The second-order valence-corrected chi connectivity index (χ2v) is 8.76. The van der Waals surface area contributed by atoms with Crippen LogP contribution in [0.15, 0.2) is 42.6 Å². The van der Waals surface area contributed by atoms with E-state index in [2.05, 4.69) is 10.4 Å². The van der Waals surface area contributed by atoms with E-state index in [1.54, 1.807) is 41.3 Å². The number of rotatable bonds is 9. The summed E-state index contributed by atoms with van der Waals surface area (Å²) in [4.78, 5) is 36.6. The Hall–Kier alpha value is -3.79. The third kappa shape index (κ3) is 4.81. The first-order valence-corrected chi connectivity index (χ1v) is 11.5. The van der Waals surface area contributed by atoms with Gasteiger partial charge in [0.2, 0.25) is 12.3 Å². The predicted octanol–water partition coefficient (Wildman–Crippen LogP) is 4.67. The fraction of sp³-hybridized carbons (Fsp3) is 0.280. The van der Waals surface area contributed by atoms with Crippen molar-refractivity contribution in [2.45, 2.75) is 38.9 Å². The van der Waals surface area contributed by atoms with Gasteiger partial charge in [-0.25, -0.2) is 4.68 Å². The SMILES string of the molecule is COc1ccc(-c2c(-c3ccc4c(c3)CN(C(C)CCC(=O)NC=O)C4=O)cnn2C(F)F)c(Cl)c1. The number of imide groups is 1. The average molecular weight is 517 g/mol. The van der Waals surface area contributed by atoms with Crippen molar-refractivity contribution in [2.24, 2.45) is 0 Å². The van der Waals surface area contributed by atoms with Gasteiger partial charge in [0.25, 0.3) is 5.91 Å². The van der Waals surface area contributed by atoms with E-state index in [1.165, 1.54) is 13.3 Å². The number of carbonyl (C=O) groups excluding carboxylic acids is 3. The van der Waals surface area contributed by atoms with Crippen molar-refractivity contribution in [1.29, 1.82) is 0 Å². The summed E-state index contributed by atoms with van der Waals surface area (Å²) in [5, 5.41) is 6.21. The van der Waals surface area contributed by atoms with Gasteiger partial charge in [-0.3, -0.25) is 19.7 Å². The van der Waals surface area contributed by atoms with E-state index in [-0.39, 0.29) is 29.1 Å².